The molecule has 0 N–H and O–H groups in total. The molecule has 1 aliphatic rings. The number of nitrogens with zero attached hydrogens (tertiary/aromatic N) is 3. The molecule has 0 saturated carbocycles. The Morgan fingerprint density at radius 1 is 0.710 bits per heavy atom. The molecule has 0 unspecified atom stereocenters. The zero-order valence-electron chi connectivity index (χ0n) is 17.8. The van der Waals surface area contributed by atoms with Gasteiger partial charge in [-0.3, -0.25) is 9.59 Å². The zero-order chi connectivity index (χ0) is 21.5. The number of amides is 2. The molecule has 0 aliphatic carbocycles. The Morgan fingerprint density at radius 2 is 1.32 bits per heavy atom. The van der Waals surface area contributed by atoms with Crippen LogP contribution in [0.1, 0.15) is 34.5 Å². The van der Waals surface area contributed by atoms with Crippen LogP contribution in [-0.2, 0) is 17.8 Å². The molecule has 0 radical (unpaired) electrons. The number of carbonyl (C=O) groups is 2. The predicted molar refractivity (Wildman–Crippen MR) is 122 cm³/mol. The molecule has 2 amide bonds. The number of piperazine rings is 1. The fourth-order valence-corrected chi connectivity index (χ4v) is 4.09. The van der Waals surface area contributed by atoms with E-state index in [2.05, 4.69) is 24.3 Å². The first-order valence-electron chi connectivity index (χ1n) is 11.0. The molecule has 2 heterocycles. The highest BCUT2D eigenvalue weighted by Gasteiger charge is 2.26. The summed E-state index contributed by atoms with van der Waals surface area (Å²) in [5, 5.41) is 0. The van der Waals surface area contributed by atoms with Crippen molar-refractivity contribution < 1.29 is 9.59 Å². The van der Waals surface area contributed by atoms with Gasteiger partial charge in [0, 0.05) is 45.3 Å². The fraction of sp³-hybridized carbons (Fsp3) is 0.308. The number of aromatic nitrogens is 1. The van der Waals surface area contributed by atoms with Gasteiger partial charge in [-0.05, 0) is 36.1 Å². The van der Waals surface area contributed by atoms with Gasteiger partial charge in [0.1, 0.15) is 5.69 Å². The minimum atomic E-state index is 0.0390. The van der Waals surface area contributed by atoms with Crippen LogP contribution in [0.5, 0.6) is 0 Å². The number of hydrogen-bond donors (Lipinski definition) is 0. The maximum Gasteiger partial charge on any atom is 0.270 e. The van der Waals surface area contributed by atoms with Crippen LogP contribution in [0.3, 0.4) is 0 Å². The summed E-state index contributed by atoms with van der Waals surface area (Å²) < 4.78 is 2.00. The summed E-state index contributed by atoms with van der Waals surface area (Å²) >= 11 is 0. The molecule has 5 heteroatoms. The largest absolute Gasteiger partial charge is 0.339 e. The van der Waals surface area contributed by atoms with Crippen LogP contribution in [0, 0.1) is 0 Å². The van der Waals surface area contributed by atoms with Gasteiger partial charge in [-0.25, -0.2) is 0 Å². The van der Waals surface area contributed by atoms with Gasteiger partial charge >= 0.3 is 0 Å². The Bertz CT molecular complexity index is 990. The van der Waals surface area contributed by atoms with Crippen LogP contribution >= 0.6 is 0 Å². The van der Waals surface area contributed by atoms with E-state index in [0.717, 1.165) is 12.8 Å². The van der Waals surface area contributed by atoms with E-state index >= 15 is 0 Å². The van der Waals surface area contributed by atoms with Crippen molar-refractivity contribution in [3.05, 3.63) is 95.8 Å². The minimum Gasteiger partial charge on any atom is -0.339 e. The van der Waals surface area contributed by atoms with Crippen molar-refractivity contribution in [1.82, 2.24) is 14.4 Å². The molecule has 1 saturated heterocycles. The zero-order valence-corrected chi connectivity index (χ0v) is 17.8. The lowest BCUT2D eigenvalue weighted by Crippen LogP contribution is -2.50. The highest BCUT2D eigenvalue weighted by Crippen LogP contribution is 2.14. The Kier molecular flexibility index (Phi) is 6.82. The Labute approximate surface area is 183 Å². The van der Waals surface area contributed by atoms with E-state index in [9.17, 15) is 9.59 Å². The lowest BCUT2D eigenvalue weighted by Gasteiger charge is -2.35. The van der Waals surface area contributed by atoms with Crippen LogP contribution in [0.4, 0.5) is 0 Å². The van der Waals surface area contributed by atoms with Crippen LogP contribution < -0.4 is 0 Å². The van der Waals surface area contributed by atoms with Gasteiger partial charge in [0.25, 0.3) is 5.91 Å². The Hall–Kier alpha value is -3.34. The summed E-state index contributed by atoms with van der Waals surface area (Å²) in [7, 11) is 0. The summed E-state index contributed by atoms with van der Waals surface area (Å²) in [6.07, 6.45) is 4.29. The average Bonchev–Trinajstić information content (AvgIpc) is 3.28. The number of aryl methyl sites for hydroxylation is 1. The second-order valence-corrected chi connectivity index (χ2v) is 8.02. The van der Waals surface area contributed by atoms with Crippen LogP contribution in [0.15, 0.2) is 79.0 Å². The van der Waals surface area contributed by atoms with E-state index in [1.165, 1.54) is 11.1 Å². The van der Waals surface area contributed by atoms with Crippen LogP contribution in [-0.4, -0.2) is 52.4 Å². The number of carbonyl (C=O) groups excluding carboxylic acids is 2. The Balaban J connectivity index is 1.26. The maximum absolute atomic E-state index is 13.1. The van der Waals surface area contributed by atoms with Gasteiger partial charge in [-0.2, -0.15) is 0 Å². The molecule has 0 spiro atoms. The van der Waals surface area contributed by atoms with Crippen molar-refractivity contribution >= 4 is 11.8 Å². The average molecular weight is 416 g/mol. The predicted octanol–water partition coefficient (Wildman–Crippen LogP) is 3.84. The van der Waals surface area contributed by atoms with E-state index in [-0.39, 0.29) is 11.8 Å². The number of benzene rings is 2. The molecular formula is C26H29N3O2. The van der Waals surface area contributed by atoms with Crippen LogP contribution in [0.25, 0.3) is 0 Å². The third-order valence-corrected chi connectivity index (χ3v) is 5.86. The van der Waals surface area contributed by atoms with Gasteiger partial charge in [0.05, 0.1) is 0 Å². The lowest BCUT2D eigenvalue weighted by molar-refractivity contribution is -0.132. The van der Waals surface area contributed by atoms with E-state index in [1.807, 2.05) is 69.1 Å². The molecule has 1 aromatic heterocycles. The summed E-state index contributed by atoms with van der Waals surface area (Å²) in [6.45, 7) is 3.05. The quantitative estimate of drug-likeness (QED) is 0.589. The van der Waals surface area contributed by atoms with Crippen molar-refractivity contribution in [3.8, 4) is 0 Å². The van der Waals surface area contributed by atoms with Crippen molar-refractivity contribution in [2.75, 3.05) is 26.2 Å². The summed E-state index contributed by atoms with van der Waals surface area (Å²) in [5.41, 5.74) is 3.13. The van der Waals surface area contributed by atoms with Gasteiger partial charge in [-0.1, -0.05) is 60.7 Å². The van der Waals surface area contributed by atoms with E-state index in [4.69, 9.17) is 0 Å². The highest BCUT2D eigenvalue weighted by molar-refractivity contribution is 5.93. The normalized spacial score (nSPS) is 13.9. The van der Waals surface area contributed by atoms with Crippen LogP contribution in [0.2, 0.25) is 0 Å². The standard InChI is InChI=1S/C26H29N3O2/c30-25(15-7-13-22-9-3-1-4-10-22)27-17-19-28(20-18-27)26(31)24-14-8-16-29(24)21-23-11-5-2-6-12-23/h1-6,8-12,14,16H,7,13,15,17-21H2. The van der Waals surface area contributed by atoms with Gasteiger partial charge in [0.2, 0.25) is 5.91 Å². The van der Waals surface area contributed by atoms with Gasteiger partial charge < -0.3 is 14.4 Å². The van der Waals surface area contributed by atoms with E-state index in [1.54, 1.807) is 0 Å². The molecule has 0 bridgehead atoms. The third-order valence-electron chi connectivity index (χ3n) is 5.86. The summed E-state index contributed by atoms with van der Waals surface area (Å²) in [6, 6.07) is 24.2. The molecule has 160 valence electrons. The van der Waals surface area contributed by atoms with E-state index < -0.39 is 0 Å². The molecular weight excluding hydrogens is 386 g/mol. The van der Waals surface area contributed by atoms with Crippen molar-refractivity contribution in [2.24, 2.45) is 0 Å². The number of hydrogen-bond acceptors (Lipinski definition) is 2. The topological polar surface area (TPSA) is 45.6 Å². The summed E-state index contributed by atoms with van der Waals surface area (Å²) in [5.74, 6) is 0.229. The first-order chi connectivity index (χ1) is 15.2. The molecule has 5 nitrogen and oxygen atoms in total. The van der Waals surface area contributed by atoms with Gasteiger partial charge in [-0.15, -0.1) is 0 Å². The molecule has 0 atom stereocenters. The van der Waals surface area contributed by atoms with Crippen molar-refractivity contribution in [2.45, 2.75) is 25.8 Å². The lowest BCUT2D eigenvalue weighted by atomic mass is 10.1. The number of rotatable bonds is 7. The van der Waals surface area contributed by atoms with E-state index in [0.29, 0.717) is 44.8 Å². The minimum absolute atomic E-state index is 0.0390. The Morgan fingerprint density at radius 3 is 2.00 bits per heavy atom. The molecule has 3 aromatic rings. The fourth-order valence-electron chi connectivity index (χ4n) is 4.09. The third kappa shape index (κ3) is 5.43. The second-order valence-electron chi connectivity index (χ2n) is 8.02. The summed E-state index contributed by atoms with van der Waals surface area (Å²) in [4.78, 5) is 29.4. The first kappa shape index (κ1) is 20.9. The smallest absolute Gasteiger partial charge is 0.270 e. The monoisotopic (exact) mass is 415 g/mol. The molecule has 4 rings (SSSR count). The molecule has 2 aromatic carbocycles. The van der Waals surface area contributed by atoms with Crippen molar-refractivity contribution in [3.63, 3.8) is 0 Å². The molecule has 1 fully saturated rings. The maximum atomic E-state index is 13.1. The molecule has 1 aliphatic heterocycles. The molecule has 31 heavy (non-hydrogen) atoms. The first-order valence-corrected chi connectivity index (χ1v) is 11.0. The van der Waals surface area contributed by atoms with Gasteiger partial charge in [0.15, 0.2) is 0 Å². The SMILES string of the molecule is O=C(CCCc1ccccc1)N1CCN(C(=O)c2cccn2Cc2ccccc2)CC1. The highest BCUT2D eigenvalue weighted by atomic mass is 16.2. The van der Waals surface area contributed by atoms with Crippen molar-refractivity contribution in [1.29, 1.82) is 0 Å². The second kappa shape index (κ2) is 10.1.